The maximum absolute atomic E-state index is 5.50. The topological polar surface area (TPSA) is 24.5 Å². The molecule has 2 fully saturated rings. The van der Waals surface area contributed by atoms with Crippen LogP contribution in [-0.2, 0) is 4.74 Å². The van der Waals surface area contributed by atoms with Gasteiger partial charge in [0.05, 0.1) is 0 Å². The highest BCUT2D eigenvalue weighted by Crippen LogP contribution is 2.22. The van der Waals surface area contributed by atoms with Crippen molar-refractivity contribution in [1.29, 1.82) is 0 Å². The molecule has 3 nitrogen and oxygen atoms in total. The van der Waals surface area contributed by atoms with Crippen LogP contribution in [0, 0.1) is 17.8 Å². The third-order valence-electron chi connectivity index (χ3n) is 4.91. The lowest BCUT2D eigenvalue weighted by atomic mass is 9.93. The molecule has 0 bridgehead atoms. The summed E-state index contributed by atoms with van der Waals surface area (Å²) in [4.78, 5) is 2.74. The van der Waals surface area contributed by atoms with Gasteiger partial charge in [-0.25, -0.2) is 0 Å². The molecular formula is C16H32N2O. The summed E-state index contributed by atoms with van der Waals surface area (Å²) in [6.07, 6.45) is 2.58. The molecule has 112 valence electrons. The lowest BCUT2D eigenvalue weighted by Crippen LogP contribution is -2.59. The first kappa shape index (κ1) is 15.3. The molecule has 0 aromatic rings. The van der Waals surface area contributed by atoms with Crippen LogP contribution in [0.3, 0.4) is 0 Å². The Morgan fingerprint density at radius 1 is 1.21 bits per heavy atom. The Kier molecular flexibility index (Phi) is 5.67. The van der Waals surface area contributed by atoms with Crippen LogP contribution in [0.2, 0.25) is 0 Å². The molecule has 1 N–H and O–H groups in total. The summed E-state index contributed by atoms with van der Waals surface area (Å²) in [5.41, 5.74) is 0. The highest BCUT2D eigenvalue weighted by Gasteiger charge is 2.31. The fourth-order valence-electron chi connectivity index (χ4n) is 3.37. The van der Waals surface area contributed by atoms with Crippen LogP contribution in [0.15, 0.2) is 0 Å². The van der Waals surface area contributed by atoms with Crippen LogP contribution in [0.4, 0.5) is 0 Å². The summed E-state index contributed by atoms with van der Waals surface area (Å²) in [5.74, 6) is 2.27. The summed E-state index contributed by atoms with van der Waals surface area (Å²) in [7, 11) is 0. The Hall–Kier alpha value is -0.120. The van der Waals surface area contributed by atoms with Gasteiger partial charge in [0.1, 0.15) is 0 Å². The van der Waals surface area contributed by atoms with Gasteiger partial charge in [0.2, 0.25) is 0 Å². The molecule has 0 saturated carbocycles. The fourth-order valence-corrected chi connectivity index (χ4v) is 3.37. The largest absolute Gasteiger partial charge is 0.381 e. The fraction of sp³-hybridized carbons (Fsp3) is 1.00. The first-order valence-corrected chi connectivity index (χ1v) is 8.13. The van der Waals surface area contributed by atoms with Crippen molar-refractivity contribution in [3.8, 4) is 0 Å². The van der Waals surface area contributed by atoms with Crippen molar-refractivity contribution >= 4 is 0 Å². The Morgan fingerprint density at radius 2 is 2.00 bits per heavy atom. The molecule has 2 aliphatic heterocycles. The molecule has 2 aliphatic rings. The minimum Gasteiger partial charge on any atom is -0.381 e. The standard InChI is InChI=1S/C16H32N2O/c1-12(2)15-10-18(16(9-17-15)13(3)4)7-5-14-6-8-19-11-14/h12-17H,5-11H2,1-4H3. The van der Waals surface area contributed by atoms with E-state index in [0.29, 0.717) is 12.1 Å². The maximum atomic E-state index is 5.50. The minimum absolute atomic E-state index is 0.662. The number of hydrogen-bond acceptors (Lipinski definition) is 3. The average Bonchev–Trinajstić information content (AvgIpc) is 2.88. The van der Waals surface area contributed by atoms with Crippen molar-refractivity contribution in [3.05, 3.63) is 0 Å². The van der Waals surface area contributed by atoms with Gasteiger partial charge in [0.15, 0.2) is 0 Å². The summed E-state index contributed by atoms with van der Waals surface area (Å²) in [6.45, 7) is 15.0. The molecular weight excluding hydrogens is 236 g/mol. The van der Waals surface area contributed by atoms with Crippen LogP contribution < -0.4 is 5.32 Å². The smallest absolute Gasteiger partial charge is 0.0495 e. The minimum atomic E-state index is 0.662. The SMILES string of the molecule is CC(C)C1CN(CCC2CCOC2)C(C(C)C)CN1. The van der Waals surface area contributed by atoms with E-state index in [9.17, 15) is 0 Å². The number of hydrogen-bond donors (Lipinski definition) is 1. The number of ether oxygens (including phenoxy) is 1. The van der Waals surface area contributed by atoms with Gasteiger partial charge in [-0.05, 0) is 37.1 Å². The van der Waals surface area contributed by atoms with Gasteiger partial charge in [-0.15, -0.1) is 0 Å². The van der Waals surface area contributed by atoms with E-state index in [1.807, 2.05) is 0 Å². The first-order chi connectivity index (χ1) is 9.08. The normalized spacial score (nSPS) is 33.5. The van der Waals surface area contributed by atoms with Crippen LogP contribution >= 0.6 is 0 Å². The van der Waals surface area contributed by atoms with Crippen LogP contribution in [0.25, 0.3) is 0 Å². The lowest BCUT2D eigenvalue weighted by Gasteiger charge is -2.44. The summed E-state index contributed by atoms with van der Waals surface area (Å²) in [6, 6.07) is 1.37. The Bertz CT molecular complexity index is 261. The van der Waals surface area contributed by atoms with Crippen molar-refractivity contribution in [3.63, 3.8) is 0 Å². The van der Waals surface area contributed by atoms with E-state index < -0.39 is 0 Å². The first-order valence-electron chi connectivity index (χ1n) is 8.13. The Morgan fingerprint density at radius 3 is 2.58 bits per heavy atom. The van der Waals surface area contributed by atoms with E-state index >= 15 is 0 Å². The molecule has 3 heteroatoms. The second-order valence-corrected chi connectivity index (χ2v) is 7.08. The molecule has 0 spiro atoms. The van der Waals surface area contributed by atoms with Crippen molar-refractivity contribution in [1.82, 2.24) is 10.2 Å². The quantitative estimate of drug-likeness (QED) is 0.828. The molecule has 2 saturated heterocycles. The zero-order valence-electron chi connectivity index (χ0n) is 13.2. The van der Waals surface area contributed by atoms with Gasteiger partial charge in [-0.3, -0.25) is 4.90 Å². The van der Waals surface area contributed by atoms with Gasteiger partial charge >= 0.3 is 0 Å². The molecule has 2 heterocycles. The second-order valence-electron chi connectivity index (χ2n) is 7.08. The predicted octanol–water partition coefficient (Wildman–Crippen LogP) is 2.37. The van der Waals surface area contributed by atoms with E-state index in [0.717, 1.165) is 37.5 Å². The number of rotatable bonds is 5. The molecule has 3 atom stereocenters. The van der Waals surface area contributed by atoms with Gasteiger partial charge in [-0.1, -0.05) is 27.7 Å². The zero-order chi connectivity index (χ0) is 13.8. The van der Waals surface area contributed by atoms with Crippen molar-refractivity contribution in [2.24, 2.45) is 17.8 Å². The molecule has 19 heavy (non-hydrogen) atoms. The molecule has 2 rings (SSSR count). The Balaban J connectivity index is 1.87. The van der Waals surface area contributed by atoms with Crippen molar-refractivity contribution in [2.45, 2.75) is 52.6 Å². The molecule has 3 unspecified atom stereocenters. The van der Waals surface area contributed by atoms with Crippen LogP contribution in [0.1, 0.15) is 40.5 Å². The zero-order valence-corrected chi connectivity index (χ0v) is 13.2. The van der Waals surface area contributed by atoms with E-state index in [4.69, 9.17) is 4.74 Å². The van der Waals surface area contributed by atoms with E-state index in [1.165, 1.54) is 25.9 Å². The Labute approximate surface area is 119 Å². The van der Waals surface area contributed by atoms with Gasteiger partial charge < -0.3 is 10.1 Å². The van der Waals surface area contributed by atoms with E-state index in [1.54, 1.807) is 0 Å². The van der Waals surface area contributed by atoms with E-state index in [-0.39, 0.29) is 0 Å². The highest BCUT2D eigenvalue weighted by molar-refractivity contribution is 4.89. The van der Waals surface area contributed by atoms with E-state index in [2.05, 4.69) is 37.9 Å². The monoisotopic (exact) mass is 268 g/mol. The van der Waals surface area contributed by atoms with Gasteiger partial charge in [-0.2, -0.15) is 0 Å². The molecule has 0 aromatic carbocycles. The van der Waals surface area contributed by atoms with Crippen LogP contribution in [0.5, 0.6) is 0 Å². The predicted molar refractivity (Wildman–Crippen MR) is 80.4 cm³/mol. The number of piperazine rings is 1. The lowest BCUT2D eigenvalue weighted by molar-refractivity contribution is 0.0781. The van der Waals surface area contributed by atoms with Gasteiger partial charge in [0.25, 0.3) is 0 Å². The van der Waals surface area contributed by atoms with Gasteiger partial charge in [0, 0.05) is 38.4 Å². The second kappa shape index (κ2) is 7.05. The summed E-state index contributed by atoms with van der Waals surface area (Å²) < 4.78 is 5.50. The van der Waals surface area contributed by atoms with Crippen LogP contribution in [-0.4, -0.2) is 49.8 Å². The number of nitrogens with zero attached hydrogens (tertiary/aromatic N) is 1. The molecule has 0 radical (unpaired) electrons. The number of nitrogens with one attached hydrogen (secondary N) is 1. The molecule has 0 aliphatic carbocycles. The van der Waals surface area contributed by atoms with Crippen molar-refractivity contribution in [2.75, 3.05) is 32.8 Å². The third kappa shape index (κ3) is 4.17. The highest BCUT2D eigenvalue weighted by atomic mass is 16.5. The molecule has 0 amide bonds. The van der Waals surface area contributed by atoms with Crippen molar-refractivity contribution < 1.29 is 4.74 Å². The average molecular weight is 268 g/mol. The summed E-state index contributed by atoms with van der Waals surface area (Å²) in [5, 5.41) is 3.74. The third-order valence-corrected chi connectivity index (χ3v) is 4.91. The molecule has 0 aromatic heterocycles. The summed E-state index contributed by atoms with van der Waals surface area (Å²) >= 11 is 0. The maximum Gasteiger partial charge on any atom is 0.0495 e.